The van der Waals surface area contributed by atoms with E-state index >= 15 is 0 Å². The number of benzene rings is 2. The summed E-state index contributed by atoms with van der Waals surface area (Å²) in [6, 6.07) is 10.7. The maximum Gasteiger partial charge on any atom is 1.00 e. The first-order valence-electron chi connectivity index (χ1n) is 6.32. The third-order valence-electron chi connectivity index (χ3n) is 3.16. The molecule has 0 aliphatic carbocycles. The van der Waals surface area contributed by atoms with E-state index in [0.29, 0.717) is 28.4 Å². The maximum absolute atomic E-state index is 12.9. The Labute approximate surface area is 146 Å². The second-order valence-electron chi connectivity index (χ2n) is 4.29. The first-order chi connectivity index (χ1) is 10.1. The summed E-state index contributed by atoms with van der Waals surface area (Å²) < 4.78 is 15.9. The Morgan fingerprint density at radius 1 is 0.955 bits per heavy atom. The van der Waals surface area contributed by atoms with Gasteiger partial charge in [-0.1, -0.05) is 24.3 Å². The quantitative estimate of drug-likeness (QED) is 0.427. The molecule has 112 valence electrons. The van der Waals surface area contributed by atoms with Crippen molar-refractivity contribution >= 4 is 20.3 Å². The van der Waals surface area contributed by atoms with Crippen LogP contribution in [0, 0.1) is 0 Å². The summed E-state index contributed by atoms with van der Waals surface area (Å²) in [6.45, 7) is 0. The van der Waals surface area contributed by atoms with Crippen molar-refractivity contribution in [3.63, 3.8) is 0 Å². The van der Waals surface area contributed by atoms with Gasteiger partial charge in [-0.2, -0.15) is 0 Å². The summed E-state index contributed by atoms with van der Waals surface area (Å²) in [7, 11) is 7.11. The predicted molar refractivity (Wildman–Crippen MR) is 86.4 cm³/mol. The van der Waals surface area contributed by atoms with Crippen LogP contribution in [-0.2, 0) is 0 Å². The van der Waals surface area contributed by atoms with Crippen LogP contribution in [0.5, 0.6) is 17.2 Å². The number of rotatable bonds is 5. The largest absolute Gasteiger partial charge is 1.00 e. The molecule has 2 rings (SSSR count). The first-order valence-corrected chi connectivity index (χ1v) is 6.90. The van der Waals surface area contributed by atoms with Gasteiger partial charge in [0.15, 0.2) is 11.5 Å². The third kappa shape index (κ3) is 3.47. The fourth-order valence-electron chi connectivity index (χ4n) is 2.13. The van der Waals surface area contributed by atoms with Gasteiger partial charge in [0.25, 0.3) is 0 Å². The standard InChI is InChI=1S/C16H17O4P.Li.H/c1-18-11-8-9-12(19-2)16(20-3)14(11)15(17)10-6-4-5-7-13(10)21;;/h4-9H,21H2,1-3H3;;/q;+1;-1. The van der Waals surface area contributed by atoms with E-state index in [9.17, 15) is 4.79 Å². The molecule has 4 nitrogen and oxygen atoms in total. The zero-order valence-corrected chi connectivity index (χ0v) is 14.3. The van der Waals surface area contributed by atoms with E-state index < -0.39 is 0 Å². The number of methoxy groups -OCH3 is 3. The van der Waals surface area contributed by atoms with E-state index in [4.69, 9.17) is 14.2 Å². The average Bonchev–Trinajstić information content (AvgIpc) is 2.53. The molecule has 0 saturated heterocycles. The van der Waals surface area contributed by atoms with Crippen LogP contribution >= 0.6 is 9.24 Å². The summed E-state index contributed by atoms with van der Waals surface area (Å²) in [5, 5.41) is 0.814. The first kappa shape index (κ1) is 18.6. The summed E-state index contributed by atoms with van der Waals surface area (Å²) in [5.74, 6) is 1.14. The molecule has 2 aromatic carbocycles. The third-order valence-corrected chi connectivity index (χ3v) is 3.66. The summed E-state index contributed by atoms with van der Waals surface area (Å²) in [4.78, 5) is 12.9. The van der Waals surface area contributed by atoms with E-state index in [1.165, 1.54) is 21.3 Å². The zero-order valence-electron chi connectivity index (χ0n) is 14.2. The van der Waals surface area contributed by atoms with Gasteiger partial charge in [-0.05, 0) is 17.4 Å². The van der Waals surface area contributed by atoms with Crippen LogP contribution in [-0.4, -0.2) is 27.1 Å². The van der Waals surface area contributed by atoms with Gasteiger partial charge < -0.3 is 15.6 Å². The summed E-state index contributed by atoms with van der Waals surface area (Å²) in [6.07, 6.45) is 0. The Bertz CT molecular complexity index is 679. The van der Waals surface area contributed by atoms with E-state index in [1.54, 1.807) is 18.2 Å². The normalized spacial score (nSPS) is 9.64. The van der Waals surface area contributed by atoms with E-state index in [0.717, 1.165) is 5.30 Å². The Balaban J connectivity index is 0.00000242. The zero-order chi connectivity index (χ0) is 15.4. The molecule has 6 heteroatoms. The van der Waals surface area contributed by atoms with Gasteiger partial charge >= 0.3 is 18.9 Å². The molecule has 0 bridgehead atoms. The second-order valence-corrected chi connectivity index (χ2v) is 4.92. The Kier molecular flexibility index (Phi) is 6.96. The molecule has 2 aromatic rings. The second kappa shape index (κ2) is 8.24. The van der Waals surface area contributed by atoms with Crippen molar-refractivity contribution in [2.24, 2.45) is 0 Å². The minimum Gasteiger partial charge on any atom is -1.00 e. The van der Waals surface area contributed by atoms with Gasteiger partial charge in [0.1, 0.15) is 11.3 Å². The van der Waals surface area contributed by atoms with Crippen LogP contribution in [0.2, 0.25) is 0 Å². The smallest absolute Gasteiger partial charge is 1.00 e. The Hall–Kier alpha value is -1.46. The van der Waals surface area contributed by atoms with Crippen LogP contribution in [0.25, 0.3) is 0 Å². The van der Waals surface area contributed by atoms with Crippen molar-refractivity contribution in [3.8, 4) is 17.2 Å². The molecule has 0 spiro atoms. The van der Waals surface area contributed by atoms with Crippen molar-refractivity contribution in [2.45, 2.75) is 0 Å². The molecule has 0 N–H and O–H groups in total. The van der Waals surface area contributed by atoms with Crippen molar-refractivity contribution in [1.29, 1.82) is 0 Å². The van der Waals surface area contributed by atoms with Gasteiger partial charge in [0.2, 0.25) is 5.78 Å². The molecule has 0 amide bonds. The van der Waals surface area contributed by atoms with Gasteiger partial charge in [-0.15, -0.1) is 9.24 Å². The molecule has 0 aromatic heterocycles. The van der Waals surface area contributed by atoms with Crippen molar-refractivity contribution in [3.05, 3.63) is 47.5 Å². The van der Waals surface area contributed by atoms with E-state index in [1.807, 2.05) is 18.2 Å². The number of hydrogen-bond acceptors (Lipinski definition) is 4. The van der Waals surface area contributed by atoms with Crippen LogP contribution in [0.3, 0.4) is 0 Å². The number of hydrogen-bond donors (Lipinski definition) is 0. The number of ketones is 1. The average molecular weight is 312 g/mol. The predicted octanol–water partition coefficient (Wildman–Crippen LogP) is -0.440. The number of ether oxygens (including phenoxy) is 3. The monoisotopic (exact) mass is 312 g/mol. The molecule has 1 atom stereocenters. The SMILES string of the molecule is COc1ccc(OC)c(C(=O)c2ccccc2P)c1OC.[H-].[Li+]. The van der Waals surface area contributed by atoms with Crippen LogP contribution < -0.4 is 38.4 Å². The molecule has 0 heterocycles. The molecule has 0 saturated carbocycles. The fraction of sp³-hybridized carbons (Fsp3) is 0.188. The van der Waals surface area contributed by atoms with Crippen molar-refractivity contribution in [2.75, 3.05) is 21.3 Å². The minimum atomic E-state index is -0.173. The molecule has 1 unspecified atom stereocenters. The van der Waals surface area contributed by atoms with Crippen molar-refractivity contribution < 1.29 is 39.3 Å². The molecular weight excluding hydrogens is 294 g/mol. The van der Waals surface area contributed by atoms with Crippen LogP contribution in [0.4, 0.5) is 0 Å². The van der Waals surface area contributed by atoms with Crippen LogP contribution in [0.1, 0.15) is 17.3 Å². The molecule has 22 heavy (non-hydrogen) atoms. The minimum absolute atomic E-state index is 0. The number of carbonyl (C=O) groups excluding carboxylic acids is 1. The van der Waals surface area contributed by atoms with Crippen molar-refractivity contribution in [1.82, 2.24) is 0 Å². The molecule has 0 aliphatic rings. The Morgan fingerprint density at radius 3 is 2.09 bits per heavy atom. The summed E-state index contributed by atoms with van der Waals surface area (Å²) in [5.41, 5.74) is 0.932. The topological polar surface area (TPSA) is 44.8 Å². The summed E-state index contributed by atoms with van der Waals surface area (Å²) >= 11 is 0. The molecule has 0 radical (unpaired) electrons. The van der Waals surface area contributed by atoms with Crippen LogP contribution in [0.15, 0.2) is 36.4 Å². The van der Waals surface area contributed by atoms with E-state index in [-0.39, 0.29) is 26.1 Å². The van der Waals surface area contributed by atoms with Gasteiger partial charge in [0.05, 0.1) is 21.3 Å². The van der Waals surface area contributed by atoms with Gasteiger partial charge in [-0.25, -0.2) is 0 Å². The molecule has 0 aliphatic heterocycles. The fourth-order valence-corrected chi connectivity index (χ4v) is 2.47. The molecular formula is C16H18LiO4P. The van der Waals surface area contributed by atoms with E-state index in [2.05, 4.69) is 9.24 Å². The molecule has 0 fully saturated rings. The Morgan fingerprint density at radius 2 is 1.55 bits per heavy atom. The number of carbonyl (C=O) groups is 1. The van der Waals surface area contributed by atoms with Gasteiger partial charge in [-0.3, -0.25) is 4.79 Å². The maximum atomic E-state index is 12.9. The van der Waals surface area contributed by atoms with Gasteiger partial charge in [0, 0.05) is 5.56 Å².